The highest BCUT2D eigenvalue weighted by molar-refractivity contribution is 4.95. The first kappa shape index (κ1) is 16.3. The topological polar surface area (TPSA) is 24.5 Å². The Balaban J connectivity index is 2.02. The summed E-state index contributed by atoms with van der Waals surface area (Å²) in [4.78, 5) is 2.72. The highest BCUT2D eigenvalue weighted by Crippen LogP contribution is 2.34. The molecule has 1 aliphatic carbocycles. The van der Waals surface area contributed by atoms with Crippen molar-refractivity contribution in [2.45, 2.75) is 76.5 Å². The van der Waals surface area contributed by atoms with E-state index in [4.69, 9.17) is 4.74 Å². The van der Waals surface area contributed by atoms with Gasteiger partial charge in [0.2, 0.25) is 0 Å². The van der Waals surface area contributed by atoms with Crippen LogP contribution in [0.15, 0.2) is 0 Å². The lowest BCUT2D eigenvalue weighted by atomic mass is 9.78. The number of nitrogens with one attached hydrogen (secondary N) is 1. The van der Waals surface area contributed by atoms with Crippen LogP contribution in [-0.2, 0) is 4.74 Å². The third-order valence-corrected chi connectivity index (χ3v) is 5.64. The Bertz CT molecular complexity index is 297. The van der Waals surface area contributed by atoms with Crippen molar-refractivity contribution in [2.24, 2.45) is 5.92 Å². The molecule has 0 spiro atoms. The molecule has 118 valence electrons. The van der Waals surface area contributed by atoms with Crippen LogP contribution in [0.1, 0.15) is 58.8 Å². The van der Waals surface area contributed by atoms with Gasteiger partial charge in [0.1, 0.15) is 0 Å². The number of piperidine rings is 1. The number of hydrogen-bond acceptors (Lipinski definition) is 3. The van der Waals surface area contributed by atoms with E-state index in [1.54, 1.807) is 0 Å². The average molecular weight is 282 g/mol. The standard InChI is InChI=1S/C17H34N2O/c1-5-7-14-8-9-15(18-3)16(12-14)19-11-6-10-17(2,13-19)20-4/h14-16,18H,5-13H2,1-4H3. The third-order valence-electron chi connectivity index (χ3n) is 5.64. The molecule has 0 aromatic rings. The Labute approximate surface area is 125 Å². The van der Waals surface area contributed by atoms with E-state index in [-0.39, 0.29) is 5.60 Å². The van der Waals surface area contributed by atoms with Gasteiger partial charge in [0, 0.05) is 25.7 Å². The fraction of sp³-hybridized carbons (Fsp3) is 1.00. The van der Waals surface area contributed by atoms with Crippen LogP contribution in [0, 0.1) is 5.92 Å². The summed E-state index contributed by atoms with van der Waals surface area (Å²) in [5.41, 5.74) is 0.0637. The Morgan fingerprint density at radius 2 is 2.15 bits per heavy atom. The van der Waals surface area contributed by atoms with E-state index in [1.807, 2.05) is 7.11 Å². The highest BCUT2D eigenvalue weighted by atomic mass is 16.5. The fourth-order valence-electron chi connectivity index (χ4n) is 4.34. The summed E-state index contributed by atoms with van der Waals surface area (Å²) >= 11 is 0. The first-order valence-corrected chi connectivity index (χ1v) is 8.58. The van der Waals surface area contributed by atoms with E-state index in [0.717, 1.165) is 12.5 Å². The van der Waals surface area contributed by atoms with E-state index < -0.39 is 0 Å². The minimum absolute atomic E-state index is 0.0637. The zero-order valence-electron chi connectivity index (χ0n) is 14.0. The number of likely N-dealkylation sites (N-methyl/N-ethyl adjacent to an activating group) is 1. The SMILES string of the molecule is CCCC1CCC(NC)C(N2CCCC(C)(OC)C2)C1. The van der Waals surface area contributed by atoms with Gasteiger partial charge in [-0.25, -0.2) is 0 Å². The zero-order chi connectivity index (χ0) is 14.6. The predicted molar refractivity (Wildman–Crippen MR) is 85.1 cm³/mol. The number of hydrogen-bond donors (Lipinski definition) is 1. The van der Waals surface area contributed by atoms with Crippen molar-refractivity contribution in [3.05, 3.63) is 0 Å². The molecule has 4 unspecified atom stereocenters. The Morgan fingerprint density at radius 1 is 1.35 bits per heavy atom. The van der Waals surface area contributed by atoms with Gasteiger partial charge in [0.05, 0.1) is 5.60 Å². The lowest BCUT2D eigenvalue weighted by molar-refractivity contribution is -0.0708. The number of ether oxygens (including phenoxy) is 1. The Hall–Kier alpha value is -0.120. The second-order valence-corrected chi connectivity index (χ2v) is 7.16. The molecule has 0 radical (unpaired) electrons. The quantitative estimate of drug-likeness (QED) is 0.839. The van der Waals surface area contributed by atoms with Gasteiger partial charge >= 0.3 is 0 Å². The van der Waals surface area contributed by atoms with Crippen molar-refractivity contribution in [3.63, 3.8) is 0 Å². The molecule has 3 nitrogen and oxygen atoms in total. The van der Waals surface area contributed by atoms with Gasteiger partial charge < -0.3 is 10.1 Å². The van der Waals surface area contributed by atoms with E-state index in [9.17, 15) is 0 Å². The van der Waals surface area contributed by atoms with Crippen molar-refractivity contribution in [3.8, 4) is 0 Å². The molecular weight excluding hydrogens is 248 g/mol. The largest absolute Gasteiger partial charge is 0.377 e. The maximum atomic E-state index is 5.78. The second kappa shape index (κ2) is 7.24. The maximum absolute atomic E-state index is 5.78. The maximum Gasteiger partial charge on any atom is 0.0777 e. The average Bonchev–Trinajstić information content (AvgIpc) is 2.47. The van der Waals surface area contributed by atoms with Crippen LogP contribution in [0.2, 0.25) is 0 Å². The van der Waals surface area contributed by atoms with E-state index in [1.165, 1.54) is 51.5 Å². The minimum atomic E-state index is 0.0637. The van der Waals surface area contributed by atoms with Gasteiger partial charge in [-0.15, -0.1) is 0 Å². The minimum Gasteiger partial charge on any atom is -0.377 e. The van der Waals surface area contributed by atoms with Crippen LogP contribution in [-0.4, -0.2) is 49.8 Å². The highest BCUT2D eigenvalue weighted by Gasteiger charge is 2.39. The molecule has 3 heteroatoms. The lowest BCUT2D eigenvalue weighted by Crippen LogP contribution is -2.58. The fourth-order valence-corrected chi connectivity index (χ4v) is 4.34. The van der Waals surface area contributed by atoms with E-state index >= 15 is 0 Å². The molecule has 1 saturated heterocycles. The van der Waals surface area contributed by atoms with Crippen LogP contribution < -0.4 is 5.32 Å². The van der Waals surface area contributed by atoms with Crippen molar-refractivity contribution in [1.82, 2.24) is 10.2 Å². The first-order chi connectivity index (χ1) is 9.61. The molecule has 0 aromatic carbocycles. The monoisotopic (exact) mass is 282 g/mol. The van der Waals surface area contributed by atoms with Crippen LogP contribution in [0.5, 0.6) is 0 Å². The molecule has 0 aromatic heterocycles. The zero-order valence-corrected chi connectivity index (χ0v) is 14.0. The summed E-state index contributed by atoms with van der Waals surface area (Å²) < 4.78 is 5.78. The van der Waals surface area contributed by atoms with Gasteiger partial charge in [-0.2, -0.15) is 0 Å². The van der Waals surface area contributed by atoms with Crippen molar-refractivity contribution in [2.75, 3.05) is 27.2 Å². The van der Waals surface area contributed by atoms with Gasteiger partial charge in [-0.05, 0) is 58.5 Å². The normalized spacial score (nSPS) is 39.9. The van der Waals surface area contributed by atoms with Crippen molar-refractivity contribution < 1.29 is 4.74 Å². The van der Waals surface area contributed by atoms with Crippen LogP contribution in [0.4, 0.5) is 0 Å². The van der Waals surface area contributed by atoms with Gasteiger partial charge in [-0.3, -0.25) is 4.90 Å². The summed E-state index contributed by atoms with van der Waals surface area (Å²) in [7, 11) is 4.01. The van der Waals surface area contributed by atoms with Crippen molar-refractivity contribution >= 4 is 0 Å². The molecule has 4 atom stereocenters. The molecule has 0 amide bonds. The van der Waals surface area contributed by atoms with Crippen LogP contribution in [0.3, 0.4) is 0 Å². The molecule has 1 saturated carbocycles. The van der Waals surface area contributed by atoms with Gasteiger partial charge in [0.25, 0.3) is 0 Å². The molecular formula is C17H34N2O. The van der Waals surface area contributed by atoms with Gasteiger partial charge in [-0.1, -0.05) is 19.8 Å². The number of nitrogens with zero attached hydrogens (tertiary/aromatic N) is 1. The van der Waals surface area contributed by atoms with Crippen LogP contribution in [0.25, 0.3) is 0 Å². The van der Waals surface area contributed by atoms with Gasteiger partial charge in [0.15, 0.2) is 0 Å². The first-order valence-electron chi connectivity index (χ1n) is 8.58. The van der Waals surface area contributed by atoms with E-state index in [0.29, 0.717) is 12.1 Å². The molecule has 20 heavy (non-hydrogen) atoms. The molecule has 1 aliphatic heterocycles. The third kappa shape index (κ3) is 3.75. The summed E-state index contributed by atoms with van der Waals surface area (Å²) in [6.45, 7) is 6.95. The molecule has 1 N–H and O–H groups in total. The Morgan fingerprint density at radius 3 is 2.80 bits per heavy atom. The summed E-state index contributed by atoms with van der Waals surface area (Å²) in [5.74, 6) is 0.935. The lowest BCUT2D eigenvalue weighted by Gasteiger charge is -2.48. The number of rotatable bonds is 5. The molecule has 2 aliphatic rings. The van der Waals surface area contributed by atoms with Crippen molar-refractivity contribution in [1.29, 1.82) is 0 Å². The Kier molecular flexibility index (Phi) is 5.88. The van der Waals surface area contributed by atoms with Crippen LogP contribution >= 0.6 is 0 Å². The number of methoxy groups -OCH3 is 1. The molecule has 2 rings (SSSR count). The molecule has 1 heterocycles. The smallest absolute Gasteiger partial charge is 0.0777 e. The second-order valence-electron chi connectivity index (χ2n) is 7.16. The predicted octanol–water partition coefficient (Wildman–Crippen LogP) is 3.04. The summed E-state index contributed by atoms with van der Waals surface area (Å²) in [6.07, 6.45) is 9.33. The number of likely N-dealkylation sites (tertiary alicyclic amines) is 1. The summed E-state index contributed by atoms with van der Waals surface area (Å²) in [6, 6.07) is 1.38. The molecule has 2 fully saturated rings. The van der Waals surface area contributed by atoms with E-state index in [2.05, 4.69) is 31.1 Å². The molecule has 0 bridgehead atoms. The summed E-state index contributed by atoms with van der Waals surface area (Å²) in [5, 5.41) is 3.58.